The molecule has 1 atom stereocenters. The van der Waals surface area contributed by atoms with Crippen molar-refractivity contribution in [2.45, 2.75) is 275 Å². The summed E-state index contributed by atoms with van der Waals surface area (Å²) in [6.45, 7) is 90.1. The lowest BCUT2D eigenvalue weighted by Gasteiger charge is -2.52. The summed E-state index contributed by atoms with van der Waals surface area (Å²) < 4.78 is 26.3. The van der Waals surface area contributed by atoms with Gasteiger partial charge in [-0.15, -0.1) is 0 Å². The lowest BCUT2D eigenvalue weighted by molar-refractivity contribution is -0.143. The second-order valence-corrected chi connectivity index (χ2v) is 33.6. The van der Waals surface area contributed by atoms with Gasteiger partial charge in [0.05, 0.1) is 77.1 Å². The highest BCUT2D eigenvalue weighted by molar-refractivity contribution is 4.96. The van der Waals surface area contributed by atoms with Crippen LogP contribution < -0.4 is 0 Å². The summed E-state index contributed by atoms with van der Waals surface area (Å²) in [4.78, 5) is 30.2. The summed E-state index contributed by atoms with van der Waals surface area (Å²) in [5.41, 5.74) is 2.56. The molecule has 0 aromatic heterocycles. The van der Waals surface area contributed by atoms with E-state index < -0.39 is 0 Å². The number of aliphatic hydroxyl groups is 1. The molecule has 9 aliphatic rings. The van der Waals surface area contributed by atoms with Crippen LogP contribution >= 0.6 is 0 Å². The molecule has 9 rings (SSSR count). The number of hydrogen-bond acceptors (Lipinski definition) is 18. The molecule has 0 aromatic carbocycles. The van der Waals surface area contributed by atoms with E-state index in [4.69, 9.17) is 28.8 Å². The van der Waals surface area contributed by atoms with Crippen molar-refractivity contribution >= 4 is 0 Å². The highest BCUT2D eigenvalue weighted by atomic mass is 16.5. The van der Waals surface area contributed by atoms with E-state index in [-0.39, 0.29) is 77.7 Å². The minimum Gasteiger partial charge on any atom is -0.394 e. The predicted octanol–water partition coefficient (Wildman–Crippen LogP) is 12.2. The molecule has 1 unspecified atom stereocenters. The van der Waals surface area contributed by atoms with Gasteiger partial charge in [0.2, 0.25) is 0 Å². The first-order valence-corrected chi connectivity index (χ1v) is 35.0. The number of aliphatic hydroxyl groups excluding tert-OH is 1. The Balaban J connectivity index is -0.000000244. The molecular formula is C78H180N12O6. The highest BCUT2D eigenvalue weighted by Crippen LogP contribution is 2.28. The minimum absolute atomic E-state index is 0. The van der Waals surface area contributed by atoms with Crippen LogP contribution in [0.4, 0.5) is 0 Å². The Morgan fingerprint density at radius 1 is 0.396 bits per heavy atom. The number of ether oxygens (including phenoxy) is 5. The van der Waals surface area contributed by atoms with Crippen molar-refractivity contribution in [1.29, 1.82) is 0 Å². The molecule has 0 radical (unpaired) electrons. The van der Waals surface area contributed by atoms with Gasteiger partial charge in [0.25, 0.3) is 0 Å². The van der Waals surface area contributed by atoms with Crippen molar-refractivity contribution in [3.8, 4) is 0 Å². The van der Waals surface area contributed by atoms with Crippen LogP contribution in [0.3, 0.4) is 0 Å². The average molecular weight is 1380 g/mol. The summed E-state index contributed by atoms with van der Waals surface area (Å²) in [5.74, 6) is 0. The van der Waals surface area contributed by atoms with Gasteiger partial charge in [-0.25, -0.2) is 0 Å². The lowest BCUT2D eigenvalue weighted by Crippen LogP contribution is -2.65. The summed E-state index contributed by atoms with van der Waals surface area (Å²) in [5, 5.41) is 8.92. The van der Waals surface area contributed by atoms with Crippen molar-refractivity contribution in [1.82, 2.24) is 58.8 Å². The van der Waals surface area contributed by atoms with Gasteiger partial charge in [0.15, 0.2) is 0 Å². The third-order valence-corrected chi connectivity index (χ3v) is 19.6. The molecule has 18 nitrogen and oxygen atoms in total. The average Bonchev–Trinajstić information content (AvgIpc) is 0.802. The van der Waals surface area contributed by atoms with Gasteiger partial charge in [0.1, 0.15) is 0 Å². The maximum atomic E-state index is 8.92. The molecular weight excluding hydrogens is 1200 g/mol. The number of hydrogen-bond donors (Lipinski definition) is 1. The first-order valence-electron chi connectivity index (χ1n) is 35.0. The van der Waals surface area contributed by atoms with Crippen molar-refractivity contribution in [3.63, 3.8) is 0 Å². The van der Waals surface area contributed by atoms with Crippen molar-refractivity contribution in [2.75, 3.05) is 244 Å². The minimum atomic E-state index is 0. The standard InChI is InChI=1S/C12H24N2O.C11H22N2O.C11H24N2O.C10H22N2.C9H20N2.C9H19NO2.C8H17NO.8CH4/c1-11(2,3)13-5-7-14(8-6-13)12(4)9-15-10-12;1-11(2,3)13-6-4-12(5-7-13)10-8-14-9-10;1-11(2,3)13-7-5-12(6-8-13)9-10-14-4;1-5-11-6-8-12(9-7-11)10(2,3)4;1-9(2,3)11-7-5-10(4)6-8-11;1-9(2,3)10-4-5-12-8(6-10)7-11;1-8(2,3)9-4-6-10-7-5-9;;;;;;;;/h5-10H2,1-4H3;10H,4-9H2,1-3H3;5-10H2,1-4H3;5-9H2,1-4H3;5-8H2,1-4H3;8,11H,4-7H2,1-3H3;4-7H2,1-3H3;8*1H4. The van der Waals surface area contributed by atoms with E-state index in [0.29, 0.717) is 38.8 Å². The van der Waals surface area contributed by atoms with Crippen molar-refractivity contribution < 1.29 is 28.8 Å². The number of nitrogens with zero attached hydrogens (tertiary/aromatic N) is 12. The zero-order chi connectivity index (χ0) is 66.4. The van der Waals surface area contributed by atoms with Crippen molar-refractivity contribution in [3.05, 3.63) is 0 Å². The van der Waals surface area contributed by atoms with Crippen LogP contribution in [0, 0.1) is 0 Å². The van der Waals surface area contributed by atoms with E-state index in [1.54, 1.807) is 7.11 Å². The number of piperazine rings is 5. The third-order valence-electron chi connectivity index (χ3n) is 19.6. The molecule has 9 fully saturated rings. The van der Waals surface area contributed by atoms with Gasteiger partial charge in [-0.1, -0.05) is 66.3 Å². The van der Waals surface area contributed by atoms with E-state index in [2.05, 4.69) is 225 Å². The smallest absolute Gasteiger partial charge is 0.0933 e. The molecule has 0 saturated carbocycles. The second kappa shape index (κ2) is 49.1. The largest absolute Gasteiger partial charge is 0.394 e. The van der Waals surface area contributed by atoms with Gasteiger partial charge in [-0.2, -0.15) is 0 Å². The Hall–Kier alpha value is -0.720. The van der Waals surface area contributed by atoms with Gasteiger partial charge in [-0.3, -0.25) is 49.0 Å². The monoisotopic (exact) mass is 1380 g/mol. The predicted molar refractivity (Wildman–Crippen MR) is 426 cm³/mol. The maximum absolute atomic E-state index is 8.92. The van der Waals surface area contributed by atoms with Crippen LogP contribution in [0.5, 0.6) is 0 Å². The second-order valence-electron chi connectivity index (χ2n) is 33.6. The van der Waals surface area contributed by atoms with Crippen LogP contribution in [0.25, 0.3) is 0 Å². The van der Waals surface area contributed by atoms with E-state index in [1.165, 1.54) is 137 Å². The molecule has 9 aliphatic heterocycles. The number of likely N-dealkylation sites (N-methyl/N-ethyl adjacent to an activating group) is 2. The highest BCUT2D eigenvalue weighted by Gasteiger charge is 2.42. The Morgan fingerprint density at radius 3 is 1.01 bits per heavy atom. The van der Waals surface area contributed by atoms with Crippen LogP contribution in [0.2, 0.25) is 0 Å². The summed E-state index contributed by atoms with van der Waals surface area (Å²) >= 11 is 0. The van der Waals surface area contributed by atoms with Crippen LogP contribution in [-0.2, 0) is 23.7 Å². The molecule has 18 heteroatoms. The summed E-state index contributed by atoms with van der Waals surface area (Å²) in [6, 6.07) is 0.720. The Bertz CT molecular complexity index is 1790. The molecule has 0 spiro atoms. The lowest BCUT2D eigenvalue weighted by atomic mass is 9.96. The Morgan fingerprint density at radius 2 is 0.719 bits per heavy atom. The molecule has 0 aromatic rings. The number of morpholine rings is 2. The summed E-state index contributed by atoms with van der Waals surface area (Å²) in [6.07, 6.45) is 0.0120. The zero-order valence-corrected chi connectivity index (χ0v) is 62.8. The van der Waals surface area contributed by atoms with Crippen LogP contribution in [0.1, 0.15) is 219 Å². The number of rotatable bonds is 7. The fraction of sp³-hybridized carbons (Fsp3) is 1.00. The maximum Gasteiger partial charge on any atom is 0.0933 e. The first kappa shape index (κ1) is 106. The molecule has 0 bridgehead atoms. The molecule has 9 saturated heterocycles. The van der Waals surface area contributed by atoms with Gasteiger partial charge in [0, 0.05) is 210 Å². The topological polar surface area (TPSA) is 105 Å². The van der Waals surface area contributed by atoms with Crippen LogP contribution in [0.15, 0.2) is 0 Å². The zero-order valence-electron chi connectivity index (χ0n) is 62.8. The van der Waals surface area contributed by atoms with E-state index in [0.717, 1.165) is 91.6 Å². The quantitative estimate of drug-likeness (QED) is 0.261. The molecule has 0 amide bonds. The van der Waals surface area contributed by atoms with Crippen molar-refractivity contribution in [2.24, 2.45) is 0 Å². The van der Waals surface area contributed by atoms with Gasteiger partial charge >= 0.3 is 0 Å². The van der Waals surface area contributed by atoms with Gasteiger partial charge < -0.3 is 38.6 Å². The molecule has 1 N–H and O–H groups in total. The van der Waals surface area contributed by atoms with E-state index >= 15 is 0 Å². The normalized spacial score (nSPS) is 23.1. The number of methoxy groups -OCH3 is 1. The third kappa shape index (κ3) is 39.8. The Kier molecular flexibility index (Phi) is 54.3. The summed E-state index contributed by atoms with van der Waals surface area (Å²) in [7, 11) is 3.96. The SMILES string of the molecule is C.C.C.C.C.C.C.C.CC(C)(C)N1CCN(C2(C)COC2)CC1.CC(C)(C)N1CCN(C2COC2)CC1.CC(C)(C)N1CCOC(CO)C1.CC(C)(C)N1CCOCC1.CCN1CCN(C(C)(C)C)CC1.CN1CCN(C(C)(C)C)CC1.COCCN1CCN(C(C)(C)C)CC1. The fourth-order valence-corrected chi connectivity index (χ4v) is 12.4. The van der Waals surface area contributed by atoms with Crippen LogP contribution in [-0.4, -0.2) is 364 Å². The molecule has 96 heavy (non-hydrogen) atoms. The molecule has 0 aliphatic carbocycles. The van der Waals surface area contributed by atoms with Gasteiger partial charge in [-0.05, 0) is 166 Å². The van der Waals surface area contributed by atoms with E-state index in [1.807, 2.05) is 0 Å². The Labute approximate surface area is 603 Å². The fourth-order valence-electron chi connectivity index (χ4n) is 12.4. The molecule has 588 valence electrons. The van der Waals surface area contributed by atoms with E-state index in [9.17, 15) is 0 Å². The molecule has 9 heterocycles. The first-order chi connectivity index (χ1) is 40.7.